The summed E-state index contributed by atoms with van der Waals surface area (Å²) >= 11 is 1.48. The van der Waals surface area contributed by atoms with Gasteiger partial charge in [-0.25, -0.2) is 9.78 Å². The highest BCUT2D eigenvalue weighted by Gasteiger charge is 2.28. The lowest BCUT2D eigenvalue weighted by atomic mass is 10.1. The highest BCUT2D eigenvalue weighted by atomic mass is 32.2. The first-order valence-corrected chi connectivity index (χ1v) is 9.57. The molecule has 1 aliphatic heterocycles. The SMILES string of the molecule is CC(C)(C)OC(=O)N1CCc2c(nc(SCc3ccccc3)[nH]c2=O)C1. The number of hydrogen-bond donors (Lipinski definition) is 1. The van der Waals surface area contributed by atoms with Crippen LogP contribution >= 0.6 is 11.8 Å². The third kappa shape index (κ3) is 4.66. The van der Waals surface area contributed by atoms with Gasteiger partial charge in [-0.3, -0.25) is 4.79 Å². The number of rotatable bonds is 3. The van der Waals surface area contributed by atoms with E-state index in [4.69, 9.17) is 4.74 Å². The Morgan fingerprint density at radius 2 is 2.04 bits per heavy atom. The molecule has 3 rings (SSSR count). The third-order valence-corrected chi connectivity index (χ3v) is 4.87. The molecule has 0 radical (unpaired) electrons. The third-order valence-electron chi connectivity index (χ3n) is 3.92. The van der Waals surface area contributed by atoms with Gasteiger partial charge in [-0.2, -0.15) is 0 Å². The molecule has 1 aromatic carbocycles. The van der Waals surface area contributed by atoms with Crippen LogP contribution in [0.25, 0.3) is 0 Å². The molecule has 1 N–H and O–H groups in total. The van der Waals surface area contributed by atoms with Crippen molar-refractivity contribution in [2.24, 2.45) is 0 Å². The fourth-order valence-electron chi connectivity index (χ4n) is 2.69. The summed E-state index contributed by atoms with van der Waals surface area (Å²) in [5, 5.41) is 0.573. The van der Waals surface area contributed by atoms with E-state index in [-0.39, 0.29) is 11.7 Å². The van der Waals surface area contributed by atoms with Crippen molar-refractivity contribution in [1.29, 1.82) is 0 Å². The quantitative estimate of drug-likeness (QED) is 0.660. The summed E-state index contributed by atoms with van der Waals surface area (Å²) in [4.78, 5) is 33.7. The van der Waals surface area contributed by atoms with Gasteiger partial charge in [-0.15, -0.1) is 0 Å². The number of aromatic amines is 1. The summed E-state index contributed by atoms with van der Waals surface area (Å²) in [6.45, 7) is 6.27. The predicted molar refractivity (Wildman–Crippen MR) is 101 cm³/mol. The van der Waals surface area contributed by atoms with E-state index in [0.717, 1.165) is 11.3 Å². The first kappa shape index (κ1) is 18.5. The highest BCUT2D eigenvalue weighted by Crippen LogP contribution is 2.22. The zero-order valence-corrected chi connectivity index (χ0v) is 16.1. The van der Waals surface area contributed by atoms with Crippen LogP contribution < -0.4 is 5.56 Å². The minimum absolute atomic E-state index is 0.116. The maximum absolute atomic E-state index is 12.4. The zero-order valence-electron chi connectivity index (χ0n) is 15.2. The molecular weight excluding hydrogens is 350 g/mol. The average Bonchev–Trinajstić information content (AvgIpc) is 2.59. The molecule has 0 atom stereocenters. The minimum Gasteiger partial charge on any atom is -0.444 e. The Labute approximate surface area is 157 Å². The van der Waals surface area contributed by atoms with Crippen LogP contribution in [0.1, 0.15) is 37.6 Å². The number of H-pyrrole nitrogens is 1. The van der Waals surface area contributed by atoms with Crippen molar-refractivity contribution in [3.63, 3.8) is 0 Å². The number of amides is 1. The van der Waals surface area contributed by atoms with Crippen LogP contribution in [0.2, 0.25) is 0 Å². The fraction of sp³-hybridized carbons (Fsp3) is 0.421. The Morgan fingerprint density at radius 1 is 1.31 bits per heavy atom. The molecule has 2 aromatic rings. The Balaban J connectivity index is 1.73. The second-order valence-corrected chi connectivity index (χ2v) is 8.19. The molecule has 0 unspecified atom stereocenters. The Hall–Kier alpha value is -2.28. The van der Waals surface area contributed by atoms with Crippen LogP contribution in [0, 0.1) is 0 Å². The van der Waals surface area contributed by atoms with Crippen LogP contribution in [0.4, 0.5) is 4.79 Å². The van der Waals surface area contributed by atoms with E-state index in [0.29, 0.717) is 35.9 Å². The number of hydrogen-bond acceptors (Lipinski definition) is 5. The van der Waals surface area contributed by atoms with E-state index in [1.807, 2.05) is 51.1 Å². The lowest BCUT2D eigenvalue weighted by Gasteiger charge is -2.30. The molecule has 26 heavy (non-hydrogen) atoms. The number of thioether (sulfide) groups is 1. The summed E-state index contributed by atoms with van der Waals surface area (Å²) < 4.78 is 5.43. The summed E-state index contributed by atoms with van der Waals surface area (Å²) in [6, 6.07) is 10.0. The van der Waals surface area contributed by atoms with E-state index in [2.05, 4.69) is 9.97 Å². The number of carbonyl (C=O) groups excluding carboxylic acids is 1. The maximum Gasteiger partial charge on any atom is 0.410 e. The smallest absolute Gasteiger partial charge is 0.410 e. The van der Waals surface area contributed by atoms with E-state index < -0.39 is 5.60 Å². The van der Waals surface area contributed by atoms with Crippen molar-refractivity contribution in [1.82, 2.24) is 14.9 Å². The fourth-order valence-corrected chi connectivity index (χ4v) is 3.53. The van der Waals surface area contributed by atoms with Crippen LogP contribution in [0.5, 0.6) is 0 Å². The van der Waals surface area contributed by atoms with Gasteiger partial charge >= 0.3 is 6.09 Å². The van der Waals surface area contributed by atoms with Crippen molar-refractivity contribution in [3.05, 3.63) is 57.5 Å². The van der Waals surface area contributed by atoms with Crippen LogP contribution in [0.15, 0.2) is 40.3 Å². The number of benzene rings is 1. The summed E-state index contributed by atoms with van der Waals surface area (Å²) in [5.74, 6) is 0.721. The summed E-state index contributed by atoms with van der Waals surface area (Å²) in [5.41, 5.74) is 1.81. The molecule has 0 saturated heterocycles. The predicted octanol–water partition coefficient (Wildman–Crippen LogP) is 3.36. The van der Waals surface area contributed by atoms with E-state index in [1.54, 1.807) is 4.90 Å². The topological polar surface area (TPSA) is 75.3 Å². The Morgan fingerprint density at radius 3 is 2.73 bits per heavy atom. The molecular formula is C19H23N3O3S. The van der Waals surface area contributed by atoms with Gasteiger partial charge in [0.05, 0.1) is 12.2 Å². The normalized spacial score (nSPS) is 14.0. The van der Waals surface area contributed by atoms with E-state index in [9.17, 15) is 9.59 Å². The summed E-state index contributed by atoms with van der Waals surface area (Å²) in [6.07, 6.45) is 0.115. The van der Waals surface area contributed by atoms with Crippen molar-refractivity contribution in [2.75, 3.05) is 6.54 Å². The summed E-state index contributed by atoms with van der Waals surface area (Å²) in [7, 11) is 0. The molecule has 2 heterocycles. The van der Waals surface area contributed by atoms with Gasteiger partial charge in [-0.1, -0.05) is 42.1 Å². The number of aromatic nitrogens is 2. The van der Waals surface area contributed by atoms with Gasteiger partial charge in [0, 0.05) is 17.9 Å². The largest absolute Gasteiger partial charge is 0.444 e. The second-order valence-electron chi connectivity index (χ2n) is 7.22. The molecule has 0 bridgehead atoms. The number of fused-ring (bicyclic) bond motifs is 1. The van der Waals surface area contributed by atoms with Crippen molar-refractivity contribution in [2.45, 2.75) is 50.2 Å². The molecule has 0 aliphatic carbocycles. The van der Waals surface area contributed by atoms with Gasteiger partial charge in [0.1, 0.15) is 5.60 Å². The van der Waals surface area contributed by atoms with E-state index in [1.165, 1.54) is 11.8 Å². The highest BCUT2D eigenvalue weighted by molar-refractivity contribution is 7.98. The number of ether oxygens (including phenoxy) is 1. The van der Waals surface area contributed by atoms with Crippen LogP contribution in [0.3, 0.4) is 0 Å². The Kier molecular flexibility index (Phi) is 5.36. The van der Waals surface area contributed by atoms with Gasteiger partial charge < -0.3 is 14.6 Å². The molecule has 1 aromatic heterocycles. The second kappa shape index (κ2) is 7.53. The molecule has 0 fully saturated rings. The monoisotopic (exact) mass is 373 g/mol. The zero-order chi connectivity index (χ0) is 18.7. The molecule has 0 saturated carbocycles. The first-order chi connectivity index (χ1) is 12.3. The minimum atomic E-state index is -0.546. The molecule has 138 valence electrons. The molecule has 1 amide bonds. The lowest BCUT2D eigenvalue weighted by molar-refractivity contribution is 0.0219. The van der Waals surface area contributed by atoms with Gasteiger partial charge in [0.15, 0.2) is 5.16 Å². The van der Waals surface area contributed by atoms with Crippen molar-refractivity contribution in [3.8, 4) is 0 Å². The molecule has 6 nitrogen and oxygen atoms in total. The maximum atomic E-state index is 12.4. The van der Waals surface area contributed by atoms with E-state index >= 15 is 0 Å². The van der Waals surface area contributed by atoms with Gasteiger partial charge in [0.25, 0.3) is 5.56 Å². The van der Waals surface area contributed by atoms with Crippen LogP contribution in [-0.2, 0) is 23.5 Å². The van der Waals surface area contributed by atoms with Crippen molar-refractivity contribution < 1.29 is 9.53 Å². The molecule has 1 aliphatic rings. The molecule has 7 heteroatoms. The lowest BCUT2D eigenvalue weighted by Crippen LogP contribution is -2.42. The van der Waals surface area contributed by atoms with Gasteiger partial charge in [0.2, 0.25) is 0 Å². The number of carbonyl (C=O) groups is 1. The molecule has 0 spiro atoms. The van der Waals surface area contributed by atoms with Crippen LogP contribution in [-0.4, -0.2) is 33.1 Å². The number of nitrogens with zero attached hydrogens (tertiary/aromatic N) is 2. The Bertz CT molecular complexity index is 843. The standard InChI is InChI=1S/C19H23N3O3S/c1-19(2,3)25-18(24)22-10-9-14-15(11-22)20-17(21-16(14)23)26-12-13-7-5-4-6-8-13/h4-8H,9-12H2,1-3H3,(H,20,21,23). The first-order valence-electron chi connectivity index (χ1n) is 8.58. The van der Waals surface area contributed by atoms with Gasteiger partial charge in [-0.05, 0) is 32.8 Å². The average molecular weight is 373 g/mol. The number of nitrogens with one attached hydrogen (secondary N) is 1. The van der Waals surface area contributed by atoms with Crippen molar-refractivity contribution >= 4 is 17.9 Å².